The summed E-state index contributed by atoms with van der Waals surface area (Å²) in [5, 5.41) is 0. The SMILES string of the molecule is COc1cc2c(cc1OC)CN(C(=O)COc1cccc(C(F)(F)F)n1)CC2. The third-order valence-electron chi connectivity index (χ3n) is 4.43. The van der Waals surface area contributed by atoms with E-state index in [4.69, 9.17) is 14.2 Å². The maximum atomic E-state index is 12.7. The summed E-state index contributed by atoms with van der Waals surface area (Å²) in [4.78, 5) is 17.4. The lowest BCUT2D eigenvalue weighted by atomic mass is 9.99. The van der Waals surface area contributed by atoms with Gasteiger partial charge in [0, 0.05) is 19.2 Å². The number of pyridine rings is 1. The van der Waals surface area contributed by atoms with E-state index in [9.17, 15) is 18.0 Å². The van der Waals surface area contributed by atoms with Crippen LogP contribution in [0.3, 0.4) is 0 Å². The topological polar surface area (TPSA) is 60.9 Å². The molecule has 0 radical (unpaired) electrons. The lowest BCUT2D eigenvalue weighted by molar-refractivity contribution is -0.141. The summed E-state index contributed by atoms with van der Waals surface area (Å²) in [6.45, 7) is 0.436. The van der Waals surface area contributed by atoms with Crippen molar-refractivity contribution in [2.75, 3.05) is 27.4 Å². The number of carbonyl (C=O) groups is 1. The van der Waals surface area contributed by atoms with Crippen LogP contribution in [0.5, 0.6) is 17.4 Å². The Morgan fingerprint density at radius 3 is 2.46 bits per heavy atom. The van der Waals surface area contributed by atoms with Crippen LogP contribution in [0, 0.1) is 0 Å². The van der Waals surface area contributed by atoms with Gasteiger partial charge in [0.05, 0.1) is 14.2 Å². The molecule has 2 heterocycles. The largest absolute Gasteiger partial charge is 0.493 e. The van der Waals surface area contributed by atoms with E-state index in [0.717, 1.165) is 17.2 Å². The van der Waals surface area contributed by atoms with Crippen LogP contribution in [0.1, 0.15) is 16.8 Å². The van der Waals surface area contributed by atoms with Crippen molar-refractivity contribution in [3.05, 3.63) is 47.2 Å². The predicted octanol–water partition coefficient (Wildman–Crippen LogP) is 3.08. The number of carbonyl (C=O) groups excluding carboxylic acids is 1. The molecule has 1 amide bonds. The number of methoxy groups -OCH3 is 2. The van der Waals surface area contributed by atoms with E-state index in [1.165, 1.54) is 19.2 Å². The number of nitrogens with zero attached hydrogens (tertiary/aromatic N) is 2. The molecular weight excluding hydrogens is 377 g/mol. The second kappa shape index (κ2) is 7.95. The number of alkyl halides is 3. The van der Waals surface area contributed by atoms with Gasteiger partial charge in [0.1, 0.15) is 5.69 Å². The number of rotatable bonds is 5. The van der Waals surface area contributed by atoms with Crippen LogP contribution < -0.4 is 14.2 Å². The molecule has 1 aromatic heterocycles. The highest BCUT2D eigenvalue weighted by molar-refractivity contribution is 5.78. The number of ether oxygens (including phenoxy) is 3. The van der Waals surface area contributed by atoms with E-state index >= 15 is 0 Å². The van der Waals surface area contributed by atoms with E-state index in [1.54, 1.807) is 12.0 Å². The van der Waals surface area contributed by atoms with E-state index in [0.29, 0.717) is 31.0 Å². The zero-order chi connectivity index (χ0) is 20.3. The van der Waals surface area contributed by atoms with Crippen LogP contribution in [-0.2, 0) is 23.9 Å². The first-order chi connectivity index (χ1) is 13.3. The highest BCUT2D eigenvalue weighted by Gasteiger charge is 2.32. The summed E-state index contributed by atoms with van der Waals surface area (Å²) in [5.41, 5.74) is 0.919. The molecular formula is C19H19F3N2O4. The van der Waals surface area contributed by atoms with E-state index in [1.807, 2.05) is 12.1 Å². The van der Waals surface area contributed by atoms with Crippen molar-refractivity contribution in [3.63, 3.8) is 0 Å². The van der Waals surface area contributed by atoms with Crippen molar-refractivity contribution in [3.8, 4) is 17.4 Å². The second-order valence-corrected chi connectivity index (χ2v) is 6.19. The molecule has 0 unspecified atom stereocenters. The fourth-order valence-corrected chi connectivity index (χ4v) is 2.98. The minimum Gasteiger partial charge on any atom is -0.493 e. The molecule has 3 rings (SSSR count). The summed E-state index contributed by atoms with van der Waals surface area (Å²) in [7, 11) is 3.09. The first-order valence-corrected chi connectivity index (χ1v) is 8.50. The minimum absolute atomic E-state index is 0.244. The maximum Gasteiger partial charge on any atom is 0.433 e. The van der Waals surface area contributed by atoms with Gasteiger partial charge in [0.2, 0.25) is 5.88 Å². The predicted molar refractivity (Wildman–Crippen MR) is 93.4 cm³/mol. The van der Waals surface area contributed by atoms with Crippen LogP contribution in [-0.4, -0.2) is 43.2 Å². The molecule has 2 aromatic rings. The van der Waals surface area contributed by atoms with Crippen molar-refractivity contribution in [2.24, 2.45) is 0 Å². The molecule has 28 heavy (non-hydrogen) atoms. The Labute approximate surface area is 159 Å². The van der Waals surface area contributed by atoms with Gasteiger partial charge < -0.3 is 19.1 Å². The quantitative estimate of drug-likeness (QED) is 0.778. The smallest absolute Gasteiger partial charge is 0.433 e. The average Bonchev–Trinajstić information content (AvgIpc) is 2.70. The Morgan fingerprint density at radius 2 is 1.82 bits per heavy atom. The molecule has 0 fully saturated rings. The Bertz CT molecular complexity index is 871. The van der Waals surface area contributed by atoms with Gasteiger partial charge in [-0.2, -0.15) is 13.2 Å². The molecule has 1 aliphatic rings. The normalized spacial score (nSPS) is 13.7. The number of hydrogen-bond donors (Lipinski definition) is 0. The fraction of sp³-hybridized carbons (Fsp3) is 0.368. The fourth-order valence-electron chi connectivity index (χ4n) is 2.98. The molecule has 9 heteroatoms. The molecule has 150 valence electrons. The molecule has 0 N–H and O–H groups in total. The van der Waals surface area contributed by atoms with Gasteiger partial charge in [-0.15, -0.1) is 0 Å². The van der Waals surface area contributed by atoms with Gasteiger partial charge in [-0.1, -0.05) is 6.07 Å². The van der Waals surface area contributed by atoms with Crippen LogP contribution in [0.2, 0.25) is 0 Å². The Morgan fingerprint density at radius 1 is 1.14 bits per heavy atom. The minimum atomic E-state index is -4.57. The first kappa shape index (κ1) is 19.8. The van der Waals surface area contributed by atoms with E-state index in [-0.39, 0.29) is 11.8 Å². The zero-order valence-corrected chi connectivity index (χ0v) is 15.4. The number of halogens is 3. The van der Waals surface area contributed by atoms with Crippen LogP contribution in [0.25, 0.3) is 0 Å². The second-order valence-electron chi connectivity index (χ2n) is 6.19. The summed E-state index contributed by atoms with van der Waals surface area (Å²) >= 11 is 0. The lowest BCUT2D eigenvalue weighted by Crippen LogP contribution is -2.38. The first-order valence-electron chi connectivity index (χ1n) is 8.50. The monoisotopic (exact) mass is 396 g/mol. The highest BCUT2D eigenvalue weighted by Crippen LogP contribution is 2.33. The van der Waals surface area contributed by atoms with Crippen LogP contribution >= 0.6 is 0 Å². The summed E-state index contributed by atoms with van der Waals surface area (Å²) < 4.78 is 53.9. The number of aromatic nitrogens is 1. The number of benzene rings is 1. The van der Waals surface area contributed by atoms with Gasteiger partial charge in [-0.05, 0) is 35.7 Å². The molecule has 1 aromatic carbocycles. The molecule has 1 aliphatic heterocycles. The van der Waals surface area contributed by atoms with Crippen molar-refractivity contribution in [1.82, 2.24) is 9.88 Å². The third-order valence-corrected chi connectivity index (χ3v) is 4.43. The molecule has 0 aliphatic carbocycles. The number of fused-ring (bicyclic) bond motifs is 1. The number of hydrogen-bond acceptors (Lipinski definition) is 5. The average molecular weight is 396 g/mol. The molecule has 0 saturated carbocycles. The van der Waals surface area contributed by atoms with Crippen molar-refractivity contribution >= 4 is 5.91 Å². The van der Waals surface area contributed by atoms with Gasteiger partial charge in [-0.3, -0.25) is 4.79 Å². The van der Waals surface area contributed by atoms with Crippen molar-refractivity contribution in [1.29, 1.82) is 0 Å². The van der Waals surface area contributed by atoms with Crippen LogP contribution in [0.4, 0.5) is 13.2 Å². The summed E-state index contributed by atoms with van der Waals surface area (Å²) in [6.07, 6.45) is -3.94. The summed E-state index contributed by atoms with van der Waals surface area (Å²) in [5.74, 6) is 0.617. The Balaban J connectivity index is 1.65. The molecule has 6 nitrogen and oxygen atoms in total. The maximum absolute atomic E-state index is 12.7. The molecule has 0 bridgehead atoms. The molecule has 0 spiro atoms. The molecule has 0 atom stereocenters. The Hall–Kier alpha value is -2.97. The molecule has 0 saturated heterocycles. The standard InChI is InChI=1S/C19H19F3N2O4/c1-26-14-8-12-6-7-24(10-13(12)9-15(14)27-2)18(25)11-28-17-5-3-4-16(23-17)19(20,21)22/h3-5,8-9H,6-7,10-11H2,1-2H3. The number of amides is 1. The van der Waals surface area contributed by atoms with Gasteiger partial charge in [0.15, 0.2) is 18.1 Å². The van der Waals surface area contributed by atoms with Crippen molar-refractivity contribution in [2.45, 2.75) is 19.1 Å². The van der Waals surface area contributed by atoms with Gasteiger partial charge in [0.25, 0.3) is 5.91 Å². The third kappa shape index (κ3) is 4.29. The van der Waals surface area contributed by atoms with Crippen molar-refractivity contribution < 1.29 is 32.2 Å². The lowest BCUT2D eigenvalue weighted by Gasteiger charge is -2.29. The van der Waals surface area contributed by atoms with Gasteiger partial charge in [-0.25, -0.2) is 4.98 Å². The van der Waals surface area contributed by atoms with E-state index < -0.39 is 18.5 Å². The Kier molecular flexibility index (Phi) is 5.62. The summed E-state index contributed by atoms with van der Waals surface area (Å²) in [6, 6.07) is 7.03. The highest BCUT2D eigenvalue weighted by atomic mass is 19.4. The van der Waals surface area contributed by atoms with E-state index in [2.05, 4.69) is 4.98 Å². The van der Waals surface area contributed by atoms with Gasteiger partial charge >= 0.3 is 6.18 Å². The van der Waals surface area contributed by atoms with Crippen LogP contribution in [0.15, 0.2) is 30.3 Å². The zero-order valence-electron chi connectivity index (χ0n) is 15.4.